The number of hydrogen-bond donors (Lipinski definition) is 1. The summed E-state index contributed by atoms with van der Waals surface area (Å²) < 4.78 is 7.94. The standard InChI is InChI=1S/C14H16N4O2S/c19-13-11(4-10-5-15-9-16-6-10)7-18(14(21)17-13)8-12-2-1-3-20-12/h5-7,9,12H,1-4,8H2,(H,17,19,21). The normalized spacial score (nSPS) is 18.0. The molecule has 1 aliphatic rings. The van der Waals surface area contributed by atoms with Crippen molar-refractivity contribution in [2.75, 3.05) is 6.61 Å². The van der Waals surface area contributed by atoms with Crippen LogP contribution in [0.3, 0.4) is 0 Å². The highest BCUT2D eigenvalue weighted by Crippen LogP contribution is 2.14. The van der Waals surface area contributed by atoms with Gasteiger partial charge in [0, 0.05) is 37.2 Å². The number of rotatable bonds is 4. The van der Waals surface area contributed by atoms with E-state index in [4.69, 9.17) is 17.0 Å². The average molecular weight is 304 g/mol. The van der Waals surface area contributed by atoms with Gasteiger partial charge in [-0.25, -0.2) is 9.97 Å². The fourth-order valence-electron chi connectivity index (χ4n) is 2.46. The van der Waals surface area contributed by atoms with E-state index in [2.05, 4.69) is 15.0 Å². The molecule has 1 aliphatic heterocycles. The van der Waals surface area contributed by atoms with E-state index in [1.54, 1.807) is 12.4 Å². The highest BCUT2D eigenvalue weighted by atomic mass is 32.1. The third-order valence-corrected chi connectivity index (χ3v) is 3.85. The summed E-state index contributed by atoms with van der Waals surface area (Å²) >= 11 is 5.23. The molecule has 6 nitrogen and oxygen atoms in total. The summed E-state index contributed by atoms with van der Waals surface area (Å²) in [7, 11) is 0. The predicted molar refractivity (Wildman–Crippen MR) is 79.7 cm³/mol. The number of aromatic nitrogens is 4. The maximum absolute atomic E-state index is 12.0. The molecular weight excluding hydrogens is 288 g/mol. The number of hydrogen-bond acceptors (Lipinski definition) is 5. The van der Waals surface area contributed by atoms with E-state index in [9.17, 15) is 4.79 Å². The molecule has 0 aromatic carbocycles. The van der Waals surface area contributed by atoms with Crippen LogP contribution in [0.5, 0.6) is 0 Å². The Morgan fingerprint density at radius 3 is 2.95 bits per heavy atom. The molecule has 0 radical (unpaired) electrons. The van der Waals surface area contributed by atoms with Crippen LogP contribution in [0.4, 0.5) is 0 Å². The van der Waals surface area contributed by atoms with E-state index in [1.165, 1.54) is 6.33 Å². The van der Waals surface area contributed by atoms with Gasteiger partial charge in [0.2, 0.25) is 0 Å². The molecule has 1 unspecified atom stereocenters. The molecule has 21 heavy (non-hydrogen) atoms. The highest BCUT2D eigenvalue weighted by Gasteiger charge is 2.16. The molecule has 0 aliphatic carbocycles. The average Bonchev–Trinajstić information content (AvgIpc) is 2.98. The Morgan fingerprint density at radius 1 is 1.43 bits per heavy atom. The molecule has 0 amide bonds. The van der Waals surface area contributed by atoms with Crippen LogP contribution >= 0.6 is 12.2 Å². The maximum atomic E-state index is 12.0. The molecule has 0 spiro atoms. The molecule has 0 saturated carbocycles. The zero-order chi connectivity index (χ0) is 14.7. The third-order valence-electron chi connectivity index (χ3n) is 3.52. The first kappa shape index (κ1) is 14.1. The van der Waals surface area contributed by atoms with E-state index in [-0.39, 0.29) is 11.7 Å². The molecule has 1 fully saturated rings. The first-order chi connectivity index (χ1) is 10.2. The molecule has 7 heteroatoms. The van der Waals surface area contributed by atoms with Gasteiger partial charge < -0.3 is 9.30 Å². The fourth-order valence-corrected chi connectivity index (χ4v) is 2.68. The summed E-state index contributed by atoms with van der Waals surface area (Å²) in [6, 6.07) is 0. The van der Waals surface area contributed by atoms with Crippen LogP contribution in [0.25, 0.3) is 0 Å². The lowest BCUT2D eigenvalue weighted by Crippen LogP contribution is -2.22. The third kappa shape index (κ3) is 3.43. The predicted octanol–water partition coefficient (Wildman–Crippen LogP) is 1.47. The van der Waals surface area contributed by atoms with Crippen molar-refractivity contribution in [2.45, 2.75) is 31.9 Å². The molecule has 2 aromatic heterocycles. The number of aromatic amines is 1. The lowest BCUT2D eigenvalue weighted by atomic mass is 10.1. The monoisotopic (exact) mass is 304 g/mol. The second-order valence-electron chi connectivity index (χ2n) is 5.12. The largest absolute Gasteiger partial charge is 0.376 e. The molecule has 3 heterocycles. The Morgan fingerprint density at radius 2 is 2.24 bits per heavy atom. The van der Waals surface area contributed by atoms with Gasteiger partial charge in [0.1, 0.15) is 6.33 Å². The zero-order valence-electron chi connectivity index (χ0n) is 11.5. The van der Waals surface area contributed by atoms with Crippen LogP contribution in [-0.2, 0) is 17.7 Å². The van der Waals surface area contributed by atoms with Crippen LogP contribution < -0.4 is 5.56 Å². The SMILES string of the molecule is O=c1[nH]c(=S)n(CC2CCCO2)cc1Cc1cncnc1. The minimum Gasteiger partial charge on any atom is -0.376 e. The van der Waals surface area contributed by atoms with Crippen molar-refractivity contribution >= 4 is 12.2 Å². The highest BCUT2D eigenvalue weighted by molar-refractivity contribution is 7.71. The summed E-state index contributed by atoms with van der Waals surface area (Å²) in [5.41, 5.74) is 1.38. The van der Waals surface area contributed by atoms with Crippen molar-refractivity contribution in [3.63, 3.8) is 0 Å². The molecule has 1 N–H and O–H groups in total. The molecule has 0 bridgehead atoms. The summed E-state index contributed by atoms with van der Waals surface area (Å²) in [5, 5.41) is 0. The van der Waals surface area contributed by atoms with Crippen LogP contribution in [0.15, 0.2) is 29.7 Å². The second-order valence-corrected chi connectivity index (χ2v) is 5.51. The smallest absolute Gasteiger partial charge is 0.255 e. The first-order valence-corrected chi connectivity index (χ1v) is 7.31. The van der Waals surface area contributed by atoms with Gasteiger partial charge in [-0.15, -0.1) is 0 Å². The number of ether oxygens (including phenoxy) is 1. The molecule has 110 valence electrons. The van der Waals surface area contributed by atoms with Crippen LogP contribution in [-0.4, -0.2) is 32.2 Å². The van der Waals surface area contributed by atoms with Crippen molar-refractivity contribution in [3.8, 4) is 0 Å². The Bertz CT molecular complexity index is 720. The molecule has 2 aromatic rings. The Labute approximate surface area is 126 Å². The molecule has 1 atom stereocenters. The minimum atomic E-state index is -0.160. The number of nitrogens with one attached hydrogen (secondary N) is 1. The topological polar surface area (TPSA) is 72.8 Å². The van der Waals surface area contributed by atoms with Crippen LogP contribution in [0, 0.1) is 4.77 Å². The van der Waals surface area contributed by atoms with Crippen molar-refractivity contribution in [2.24, 2.45) is 0 Å². The van der Waals surface area contributed by atoms with Gasteiger partial charge in [-0.05, 0) is 30.6 Å². The van der Waals surface area contributed by atoms with E-state index in [1.807, 2.05) is 10.8 Å². The van der Waals surface area contributed by atoms with Gasteiger partial charge in [-0.1, -0.05) is 0 Å². The summed E-state index contributed by atoms with van der Waals surface area (Å²) in [6.07, 6.45) is 9.47. The number of H-pyrrole nitrogens is 1. The van der Waals surface area contributed by atoms with Gasteiger partial charge in [0.25, 0.3) is 5.56 Å². The molecule has 1 saturated heterocycles. The van der Waals surface area contributed by atoms with E-state index < -0.39 is 0 Å². The van der Waals surface area contributed by atoms with Crippen molar-refractivity contribution in [1.82, 2.24) is 19.5 Å². The zero-order valence-corrected chi connectivity index (χ0v) is 12.3. The lowest BCUT2D eigenvalue weighted by molar-refractivity contribution is 0.0962. The number of nitrogens with zero attached hydrogens (tertiary/aromatic N) is 3. The molecule has 3 rings (SSSR count). The Kier molecular flexibility index (Phi) is 4.21. The molecular formula is C14H16N4O2S. The van der Waals surface area contributed by atoms with E-state index in [0.29, 0.717) is 23.3 Å². The minimum absolute atomic E-state index is 0.160. The second kappa shape index (κ2) is 6.28. The fraction of sp³-hybridized carbons (Fsp3) is 0.429. The van der Waals surface area contributed by atoms with Gasteiger partial charge in [0.05, 0.1) is 12.6 Å². The Hall–Kier alpha value is -1.86. The maximum Gasteiger partial charge on any atom is 0.255 e. The van der Waals surface area contributed by atoms with E-state index >= 15 is 0 Å². The summed E-state index contributed by atoms with van der Waals surface area (Å²) in [6.45, 7) is 1.48. The van der Waals surface area contributed by atoms with Gasteiger partial charge in [-0.2, -0.15) is 0 Å². The lowest BCUT2D eigenvalue weighted by Gasteiger charge is -2.13. The van der Waals surface area contributed by atoms with Gasteiger partial charge in [-0.3, -0.25) is 9.78 Å². The summed E-state index contributed by atoms with van der Waals surface area (Å²) in [5.74, 6) is 0. The van der Waals surface area contributed by atoms with Gasteiger partial charge >= 0.3 is 0 Å². The van der Waals surface area contributed by atoms with Crippen LogP contribution in [0.1, 0.15) is 24.0 Å². The van der Waals surface area contributed by atoms with Crippen LogP contribution in [0.2, 0.25) is 0 Å². The van der Waals surface area contributed by atoms with Crippen molar-refractivity contribution in [3.05, 3.63) is 51.2 Å². The summed E-state index contributed by atoms with van der Waals surface area (Å²) in [4.78, 5) is 22.7. The van der Waals surface area contributed by atoms with E-state index in [0.717, 1.165) is 25.0 Å². The Balaban J connectivity index is 1.86. The van der Waals surface area contributed by atoms with Crippen molar-refractivity contribution in [1.29, 1.82) is 0 Å². The quantitative estimate of drug-likeness (QED) is 0.866. The first-order valence-electron chi connectivity index (χ1n) is 6.90. The van der Waals surface area contributed by atoms with Crippen molar-refractivity contribution < 1.29 is 4.74 Å². The van der Waals surface area contributed by atoms with Gasteiger partial charge in [0.15, 0.2) is 4.77 Å².